The van der Waals surface area contributed by atoms with Gasteiger partial charge in [0.05, 0.1) is 22.8 Å². The number of nitrogens with zero attached hydrogens (tertiary/aromatic N) is 3. The van der Waals surface area contributed by atoms with Crippen molar-refractivity contribution >= 4 is 34.8 Å². The smallest absolute Gasteiger partial charge is 0.256 e. The van der Waals surface area contributed by atoms with Crippen LogP contribution in [0, 0.1) is 11.3 Å². The highest BCUT2D eigenvalue weighted by molar-refractivity contribution is 7.91. The lowest BCUT2D eigenvalue weighted by atomic mass is 10.1. The highest BCUT2D eigenvalue weighted by atomic mass is 32.2. The van der Waals surface area contributed by atoms with Crippen molar-refractivity contribution in [1.29, 1.82) is 5.26 Å². The van der Waals surface area contributed by atoms with Gasteiger partial charge < -0.3 is 14.3 Å². The van der Waals surface area contributed by atoms with Gasteiger partial charge in [-0.25, -0.2) is 13.1 Å². The summed E-state index contributed by atoms with van der Waals surface area (Å²) in [6.45, 7) is 7.81. The fraction of sp³-hybridized carbons (Fsp3) is 0.522. The van der Waals surface area contributed by atoms with Gasteiger partial charge >= 0.3 is 0 Å². The van der Waals surface area contributed by atoms with E-state index < -0.39 is 24.5 Å². The largest absolute Gasteiger partial charge is 0.377 e. The van der Waals surface area contributed by atoms with Gasteiger partial charge in [-0.2, -0.15) is 5.26 Å². The summed E-state index contributed by atoms with van der Waals surface area (Å²) in [5.41, 5.74) is 0.931. The summed E-state index contributed by atoms with van der Waals surface area (Å²) >= 11 is 0. The Morgan fingerprint density at radius 1 is 1.06 bits per heavy atom. The van der Waals surface area contributed by atoms with E-state index >= 15 is 0 Å². The highest BCUT2D eigenvalue weighted by Crippen LogP contribution is 2.43. The molecule has 2 aromatic carbocycles. The standard InChI is InChI=1S/C23H34N3O4PS/c1-17(2)26(18(3)4)31(27)30-19(10-9-15-24)16-32(28,29)23-14-8-11-20-21(23)12-7-13-22(20)25(5)6/h7-8,11-14,17-19,27H,9-10,16H2,1-6H3. The number of hydrogen-bond donors (Lipinski definition) is 1. The van der Waals surface area contributed by atoms with Gasteiger partial charge in [0, 0.05) is 49.1 Å². The zero-order valence-electron chi connectivity index (χ0n) is 19.7. The minimum Gasteiger partial charge on any atom is -0.377 e. The van der Waals surface area contributed by atoms with Crippen LogP contribution in [-0.2, 0) is 14.4 Å². The van der Waals surface area contributed by atoms with E-state index in [0.29, 0.717) is 5.39 Å². The van der Waals surface area contributed by atoms with Gasteiger partial charge in [0.2, 0.25) is 0 Å². The molecule has 2 rings (SSSR count). The van der Waals surface area contributed by atoms with Crippen molar-refractivity contribution in [3.63, 3.8) is 0 Å². The number of anilines is 1. The summed E-state index contributed by atoms with van der Waals surface area (Å²) < 4.78 is 34.6. The molecule has 0 saturated carbocycles. The van der Waals surface area contributed by atoms with Crippen molar-refractivity contribution in [2.24, 2.45) is 0 Å². The van der Waals surface area contributed by atoms with E-state index in [1.165, 1.54) is 0 Å². The van der Waals surface area contributed by atoms with Crippen LogP contribution < -0.4 is 4.90 Å². The molecule has 0 aromatic heterocycles. The van der Waals surface area contributed by atoms with Crippen LogP contribution in [-0.4, -0.2) is 56.0 Å². The summed E-state index contributed by atoms with van der Waals surface area (Å²) in [5, 5.41) is 10.5. The average Bonchev–Trinajstić information content (AvgIpc) is 2.70. The third-order valence-corrected chi connectivity index (χ3v) is 8.80. The lowest BCUT2D eigenvalue weighted by Gasteiger charge is -2.34. The van der Waals surface area contributed by atoms with Crippen LogP contribution in [0.4, 0.5) is 5.69 Å². The number of benzene rings is 2. The Labute approximate surface area is 193 Å². The van der Waals surface area contributed by atoms with Crippen LogP contribution in [0.5, 0.6) is 0 Å². The molecule has 2 unspecified atom stereocenters. The molecule has 0 aliphatic rings. The topological polar surface area (TPSA) is 93.9 Å². The summed E-state index contributed by atoms with van der Waals surface area (Å²) in [6.07, 6.45) is -0.414. The molecule has 0 bridgehead atoms. The third kappa shape index (κ3) is 6.40. The molecule has 0 spiro atoms. The van der Waals surface area contributed by atoms with Gasteiger partial charge in [-0.15, -0.1) is 0 Å². The number of sulfone groups is 1. The first-order valence-electron chi connectivity index (χ1n) is 10.7. The summed E-state index contributed by atoms with van der Waals surface area (Å²) in [4.78, 5) is 12.9. The minimum atomic E-state index is -3.74. The maximum Gasteiger partial charge on any atom is 0.256 e. The van der Waals surface area contributed by atoms with Gasteiger partial charge in [0.15, 0.2) is 9.84 Å². The van der Waals surface area contributed by atoms with Crippen LogP contribution in [0.2, 0.25) is 0 Å². The van der Waals surface area contributed by atoms with Crippen LogP contribution in [0.25, 0.3) is 10.8 Å². The monoisotopic (exact) mass is 479 g/mol. The second kappa shape index (κ2) is 11.4. The van der Waals surface area contributed by atoms with Crippen molar-refractivity contribution in [1.82, 2.24) is 4.67 Å². The number of nitriles is 1. The van der Waals surface area contributed by atoms with Crippen LogP contribution in [0.15, 0.2) is 41.3 Å². The minimum absolute atomic E-state index is 0.0295. The molecule has 0 aliphatic carbocycles. The Morgan fingerprint density at radius 3 is 2.22 bits per heavy atom. The Hall–Kier alpha value is -1.75. The normalized spacial score (nSPS) is 14.2. The number of hydrogen-bond acceptors (Lipinski definition) is 7. The van der Waals surface area contributed by atoms with Crippen molar-refractivity contribution in [2.45, 2.75) is 63.6 Å². The number of rotatable bonds is 11. The van der Waals surface area contributed by atoms with E-state index in [9.17, 15) is 13.3 Å². The van der Waals surface area contributed by atoms with Gasteiger partial charge in [-0.1, -0.05) is 24.3 Å². The maximum atomic E-state index is 13.5. The highest BCUT2D eigenvalue weighted by Gasteiger charge is 2.30. The van der Waals surface area contributed by atoms with Crippen molar-refractivity contribution < 1.29 is 17.8 Å². The Bertz CT molecular complexity index is 1040. The molecule has 0 saturated heterocycles. The molecule has 32 heavy (non-hydrogen) atoms. The van der Waals surface area contributed by atoms with E-state index in [4.69, 9.17) is 9.79 Å². The third-order valence-electron chi connectivity index (χ3n) is 5.16. The molecular formula is C23H34N3O4PS. The zero-order chi connectivity index (χ0) is 24.1. The quantitative estimate of drug-likeness (QED) is 0.467. The molecule has 0 heterocycles. The van der Waals surface area contributed by atoms with Gasteiger partial charge in [0.25, 0.3) is 8.53 Å². The maximum absolute atomic E-state index is 13.5. The van der Waals surface area contributed by atoms with Crippen molar-refractivity contribution in [3.8, 4) is 6.07 Å². The Balaban J connectivity index is 2.39. The average molecular weight is 480 g/mol. The molecule has 1 N–H and O–H groups in total. The fourth-order valence-corrected chi connectivity index (χ4v) is 6.98. The second-order valence-corrected chi connectivity index (χ2v) is 11.7. The molecule has 2 atom stereocenters. The fourth-order valence-electron chi connectivity index (χ4n) is 3.83. The first kappa shape index (κ1) is 26.5. The second-order valence-electron chi connectivity index (χ2n) is 8.55. The summed E-state index contributed by atoms with van der Waals surface area (Å²) in [5.74, 6) is -0.302. The molecule has 0 aliphatic heterocycles. The summed E-state index contributed by atoms with van der Waals surface area (Å²) in [6, 6.07) is 13.0. The van der Waals surface area contributed by atoms with Gasteiger partial charge in [-0.05, 0) is 46.2 Å². The Morgan fingerprint density at radius 2 is 1.66 bits per heavy atom. The zero-order valence-corrected chi connectivity index (χ0v) is 21.4. The van der Waals surface area contributed by atoms with E-state index in [1.54, 1.807) is 18.2 Å². The van der Waals surface area contributed by atoms with Crippen LogP contribution in [0.1, 0.15) is 40.5 Å². The molecule has 2 aromatic rings. The van der Waals surface area contributed by atoms with Crippen LogP contribution in [0.3, 0.4) is 0 Å². The molecule has 9 heteroatoms. The lowest BCUT2D eigenvalue weighted by molar-refractivity contribution is 0.163. The van der Waals surface area contributed by atoms with E-state index in [2.05, 4.69) is 6.07 Å². The van der Waals surface area contributed by atoms with Crippen LogP contribution >= 0.6 is 8.53 Å². The predicted octanol–water partition coefficient (Wildman–Crippen LogP) is 4.71. The molecule has 0 fully saturated rings. The Kier molecular flexibility index (Phi) is 9.44. The van der Waals surface area contributed by atoms with Crippen molar-refractivity contribution in [3.05, 3.63) is 36.4 Å². The SMILES string of the molecule is CC(C)N(C(C)C)P(O)OC(CCC#N)CS(=O)(=O)c1cccc2c(N(C)C)cccc12. The molecule has 7 nitrogen and oxygen atoms in total. The molecule has 0 amide bonds. The number of fused-ring (bicyclic) bond motifs is 1. The first-order valence-corrected chi connectivity index (χ1v) is 13.5. The van der Waals surface area contributed by atoms with E-state index in [-0.39, 0.29) is 35.6 Å². The van der Waals surface area contributed by atoms with E-state index in [0.717, 1.165) is 11.1 Å². The van der Waals surface area contributed by atoms with E-state index in [1.807, 2.05) is 69.6 Å². The molecule has 0 radical (unpaired) electrons. The lowest BCUT2D eigenvalue weighted by Crippen LogP contribution is -2.34. The van der Waals surface area contributed by atoms with Gasteiger partial charge in [0.1, 0.15) is 0 Å². The first-order chi connectivity index (χ1) is 15.0. The summed E-state index contributed by atoms with van der Waals surface area (Å²) in [7, 11) is -1.90. The van der Waals surface area contributed by atoms with Gasteiger partial charge in [-0.3, -0.25) is 0 Å². The molecular weight excluding hydrogens is 445 g/mol. The van der Waals surface area contributed by atoms with Crippen molar-refractivity contribution in [2.75, 3.05) is 24.7 Å². The predicted molar refractivity (Wildman–Crippen MR) is 131 cm³/mol. The molecule has 176 valence electrons.